The maximum absolute atomic E-state index is 13.8. The van der Waals surface area contributed by atoms with Crippen LogP contribution in [0.4, 0.5) is 16.3 Å². The highest BCUT2D eigenvalue weighted by molar-refractivity contribution is 6.05. The molecule has 17 nitrogen and oxygen atoms in total. The summed E-state index contributed by atoms with van der Waals surface area (Å²) in [5, 5.41) is 8.29. The molecule has 6 aliphatic heterocycles. The lowest BCUT2D eigenvalue weighted by atomic mass is 9.99. The van der Waals surface area contributed by atoms with Crippen molar-refractivity contribution in [3.8, 4) is 22.8 Å². The molecule has 2 aromatic heterocycles. The zero-order valence-electron chi connectivity index (χ0n) is 36.4. The van der Waals surface area contributed by atoms with Crippen molar-refractivity contribution < 1.29 is 23.9 Å². The SMILES string of the molecule is Nc1ncnc2c1c(-c1ccc(Oc3ccccc3)cc1)nn2[C@@H]1CCCN(C2CN(C(=O)N3CCC(N4CCN(c5ccc6c(c5)CN(C5CCC(=O)NC5=O)C6=O)CC4)CC3)C2)C1. The van der Waals surface area contributed by atoms with Gasteiger partial charge in [-0.2, -0.15) is 5.10 Å². The quantitative estimate of drug-likeness (QED) is 0.211. The lowest BCUT2D eigenvalue weighted by molar-refractivity contribution is -0.136. The third kappa shape index (κ3) is 7.90. The highest BCUT2D eigenvalue weighted by Crippen LogP contribution is 2.37. The molecule has 0 bridgehead atoms. The van der Waals surface area contributed by atoms with Gasteiger partial charge in [-0.15, -0.1) is 0 Å². The number of ether oxygens (including phenoxy) is 1. The average molecular weight is 879 g/mol. The first kappa shape index (κ1) is 41.1. The van der Waals surface area contributed by atoms with Crippen LogP contribution in [0.15, 0.2) is 79.1 Å². The second-order valence-electron chi connectivity index (χ2n) is 18.3. The number of benzene rings is 3. The second-order valence-corrected chi connectivity index (χ2v) is 18.3. The molecule has 65 heavy (non-hydrogen) atoms. The van der Waals surface area contributed by atoms with Crippen LogP contribution in [0.25, 0.3) is 22.3 Å². The molecule has 5 saturated heterocycles. The van der Waals surface area contributed by atoms with E-state index in [-0.39, 0.29) is 36.2 Å². The van der Waals surface area contributed by atoms with Crippen molar-refractivity contribution in [3.05, 3.63) is 90.3 Å². The van der Waals surface area contributed by atoms with Crippen molar-refractivity contribution in [2.45, 2.75) is 69.2 Å². The fourth-order valence-electron chi connectivity index (χ4n) is 10.8. The zero-order chi connectivity index (χ0) is 44.2. The molecule has 2 atom stereocenters. The van der Waals surface area contributed by atoms with E-state index < -0.39 is 6.04 Å². The van der Waals surface area contributed by atoms with Gasteiger partial charge in [0.1, 0.15) is 35.4 Å². The van der Waals surface area contributed by atoms with Crippen molar-refractivity contribution >= 4 is 46.3 Å². The number of likely N-dealkylation sites (tertiary alicyclic amines) is 3. The Morgan fingerprint density at radius 2 is 1.51 bits per heavy atom. The van der Waals surface area contributed by atoms with E-state index in [1.165, 1.54) is 6.33 Å². The number of piperazine rings is 1. The Bertz CT molecular complexity index is 2620. The van der Waals surface area contributed by atoms with E-state index in [4.69, 9.17) is 15.6 Å². The molecule has 17 heteroatoms. The molecule has 0 spiro atoms. The van der Waals surface area contributed by atoms with Gasteiger partial charge in [-0.25, -0.2) is 19.4 Å². The molecule has 11 rings (SSSR count). The molecule has 0 saturated carbocycles. The first-order chi connectivity index (χ1) is 31.7. The fourth-order valence-corrected chi connectivity index (χ4v) is 10.8. The zero-order valence-corrected chi connectivity index (χ0v) is 36.4. The number of hydrogen-bond donors (Lipinski definition) is 2. The summed E-state index contributed by atoms with van der Waals surface area (Å²) in [5.41, 5.74) is 11.5. The van der Waals surface area contributed by atoms with Crippen LogP contribution in [0.2, 0.25) is 0 Å². The monoisotopic (exact) mass is 878 g/mol. The minimum Gasteiger partial charge on any atom is -0.457 e. The number of fused-ring (bicyclic) bond motifs is 2. The van der Waals surface area contributed by atoms with Crippen LogP contribution >= 0.6 is 0 Å². The summed E-state index contributed by atoms with van der Waals surface area (Å²) in [5.74, 6) is 1.10. The number of carbonyl (C=O) groups is 4. The number of nitrogens with one attached hydrogen (secondary N) is 1. The van der Waals surface area contributed by atoms with E-state index in [2.05, 4.69) is 36.1 Å². The normalized spacial score (nSPS) is 22.6. The van der Waals surface area contributed by atoms with Gasteiger partial charge in [0.15, 0.2) is 5.65 Å². The minimum absolute atomic E-state index is 0.109. The molecule has 0 aliphatic carbocycles. The van der Waals surface area contributed by atoms with Crippen molar-refractivity contribution in [1.82, 2.24) is 49.6 Å². The third-order valence-electron chi connectivity index (χ3n) is 14.5. The van der Waals surface area contributed by atoms with Crippen LogP contribution in [0, 0.1) is 0 Å². The van der Waals surface area contributed by atoms with E-state index >= 15 is 0 Å². The maximum atomic E-state index is 13.8. The number of rotatable bonds is 8. The summed E-state index contributed by atoms with van der Waals surface area (Å²) in [6, 6.07) is 24.0. The van der Waals surface area contributed by atoms with Gasteiger partial charge in [0, 0.05) is 101 Å². The lowest BCUT2D eigenvalue weighted by Crippen LogP contribution is -2.65. The maximum Gasteiger partial charge on any atom is 0.320 e. The van der Waals surface area contributed by atoms with E-state index in [9.17, 15) is 19.2 Å². The standard InChI is InChI=1S/C48H54N12O5/c49-44-42-43(31-8-11-38(12-9-31)65-37-6-2-1-3-7-37)53-60(45(42)51-30-50-44)35-5-4-18-57(27-35)36-28-58(29-36)48(64)56-19-16-33(17-20-56)54-21-23-55(24-22-54)34-10-13-39-32(25-34)26-59(47(39)63)40-14-15-41(61)52-46(40)62/h1-3,6-13,25,30,33,35-36,40H,4-5,14-24,26-29H2,(H2,49,50,51)(H,52,61,62)/t35-,40?/m1/s1. The number of urea groups is 1. The molecule has 0 radical (unpaired) electrons. The summed E-state index contributed by atoms with van der Waals surface area (Å²) in [7, 11) is 0. The highest BCUT2D eigenvalue weighted by Gasteiger charge is 2.42. The van der Waals surface area contributed by atoms with Crippen LogP contribution in [0.5, 0.6) is 11.5 Å². The molecule has 1 unspecified atom stereocenters. The van der Waals surface area contributed by atoms with Crippen molar-refractivity contribution in [2.24, 2.45) is 0 Å². The Morgan fingerprint density at radius 1 is 0.738 bits per heavy atom. The Kier molecular flexibility index (Phi) is 10.8. The molecule has 5 fully saturated rings. The van der Waals surface area contributed by atoms with Crippen LogP contribution in [0.1, 0.15) is 60.5 Å². The molecular formula is C48H54N12O5. The largest absolute Gasteiger partial charge is 0.457 e. The Morgan fingerprint density at radius 3 is 2.28 bits per heavy atom. The number of nitrogens with zero attached hydrogens (tertiary/aromatic N) is 10. The van der Waals surface area contributed by atoms with E-state index in [1.54, 1.807) is 4.90 Å². The second kappa shape index (κ2) is 17.1. The van der Waals surface area contributed by atoms with Gasteiger partial charge in [0.05, 0.1) is 11.4 Å². The predicted octanol–water partition coefficient (Wildman–Crippen LogP) is 4.36. The van der Waals surface area contributed by atoms with Gasteiger partial charge in [0.25, 0.3) is 5.91 Å². The highest BCUT2D eigenvalue weighted by atomic mass is 16.5. The molecule has 336 valence electrons. The Balaban J connectivity index is 0.655. The summed E-state index contributed by atoms with van der Waals surface area (Å²) >= 11 is 0. The minimum atomic E-state index is -0.612. The molecular weight excluding hydrogens is 825 g/mol. The number of aromatic nitrogens is 4. The average Bonchev–Trinajstić information content (AvgIpc) is 3.87. The molecule has 5 amide bonds. The van der Waals surface area contributed by atoms with Crippen molar-refractivity contribution in [2.75, 3.05) is 76.1 Å². The summed E-state index contributed by atoms with van der Waals surface area (Å²) in [4.78, 5) is 73.3. The molecule has 3 aromatic carbocycles. The van der Waals surface area contributed by atoms with Gasteiger partial charge in [-0.05, 0) is 98.8 Å². The van der Waals surface area contributed by atoms with Crippen molar-refractivity contribution in [1.29, 1.82) is 0 Å². The molecule has 5 aromatic rings. The van der Waals surface area contributed by atoms with Crippen LogP contribution in [-0.2, 0) is 16.1 Å². The number of nitrogen functional groups attached to an aromatic ring is 1. The molecule has 6 aliphatic rings. The van der Waals surface area contributed by atoms with E-state index in [1.807, 2.05) is 81.2 Å². The number of hydrogen-bond acceptors (Lipinski definition) is 12. The number of imide groups is 1. The van der Waals surface area contributed by atoms with Gasteiger partial charge in [0.2, 0.25) is 11.8 Å². The van der Waals surface area contributed by atoms with Crippen LogP contribution < -0.4 is 20.7 Å². The first-order valence-corrected chi connectivity index (χ1v) is 23.1. The summed E-state index contributed by atoms with van der Waals surface area (Å²) in [6.07, 6.45) is 6.05. The molecule has 8 heterocycles. The smallest absolute Gasteiger partial charge is 0.320 e. The summed E-state index contributed by atoms with van der Waals surface area (Å²) < 4.78 is 8.07. The fraction of sp³-hybridized carbons (Fsp3) is 0.438. The Hall–Kier alpha value is -6.59. The lowest BCUT2D eigenvalue weighted by Gasteiger charge is -2.50. The van der Waals surface area contributed by atoms with Gasteiger partial charge >= 0.3 is 6.03 Å². The van der Waals surface area contributed by atoms with E-state index in [0.717, 1.165) is 136 Å². The number of amides is 5. The van der Waals surface area contributed by atoms with E-state index in [0.29, 0.717) is 36.4 Å². The first-order valence-electron chi connectivity index (χ1n) is 23.1. The predicted molar refractivity (Wildman–Crippen MR) is 243 cm³/mol. The summed E-state index contributed by atoms with van der Waals surface area (Å²) in [6.45, 7) is 8.83. The number of para-hydroxylation sites is 1. The molecule has 3 N–H and O–H groups in total. The topological polar surface area (TPSA) is 179 Å². The van der Waals surface area contributed by atoms with Crippen molar-refractivity contribution in [3.63, 3.8) is 0 Å². The van der Waals surface area contributed by atoms with Gasteiger partial charge in [-0.1, -0.05) is 18.2 Å². The van der Waals surface area contributed by atoms with Crippen LogP contribution in [0.3, 0.4) is 0 Å². The third-order valence-corrected chi connectivity index (χ3v) is 14.5. The van der Waals surface area contributed by atoms with Gasteiger partial charge < -0.3 is 30.1 Å². The number of piperidine rings is 3. The Labute approximate surface area is 377 Å². The number of anilines is 2. The van der Waals surface area contributed by atoms with Gasteiger partial charge in [-0.3, -0.25) is 29.5 Å². The van der Waals surface area contributed by atoms with Crippen LogP contribution in [-0.4, -0.2) is 152 Å². The number of nitrogens with two attached hydrogens (primary N) is 1. The number of carbonyl (C=O) groups excluding carboxylic acids is 4.